The Bertz CT molecular complexity index is 1210. The van der Waals surface area contributed by atoms with E-state index < -0.39 is 0 Å². The molecule has 4 heteroatoms. The minimum atomic E-state index is -0.226. The molecule has 0 aliphatic heterocycles. The summed E-state index contributed by atoms with van der Waals surface area (Å²) in [5, 5.41) is 1.86. The summed E-state index contributed by atoms with van der Waals surface area (Å²) in [4.78, 5) is 8.68. The van der Waals surface area contributed by atoms with Crippen LogP contribution >= 0.6 is 0 Å². The maximum atomic E-state index is 13.3. The highest BCUT2D eigenvalue weighted by Crippen LogP contribution is 2.17. The lowest BCUT2D eigenvalue weighted by Gasteiger charge is -2.04. The minimum Gasteiger partial charge on any atom is -0.491 e. The van der Waals surface area contributed by atoms with Crippen LogP contribution in [0.15, 0.2) is 73.1 Å². The summed E-state index contributed by atoms with van der Waals surface area (Å²) in [7, 11) is 0. The number of rotatable bonds is 5. The number of benzene rings is 3. The third kappa shape index (κ3) is 5.01. The van der Waals surface area contributed by atoms with Crippen molar-refractivity contribution in [3.05, 3.63) is 101 Å². The number of nitrogens with zero attached hydrogens (tertiary/aromatic N) is 2. The molecule has 4 aromatic rings. The monoisotopic (exact) mass is 396 g/mol. The highest BCUT2D eigenvalue weighted by Gasteiger charge is 2.01. The Labute approximate surface area is 175 Å². The van der Waals surface area contributed by atoms with Crippen molar-refractivity contribution >= 4 is 10.8 Å². The number of fused-ring (bicyclic) bond motifs is 1. The van der Waals surface area contributed by atoms with Gasteiger partial charge >= 0.3 is 0 Å². The Morgan fingerprint density at radius 1 is 0.800 bits per heavy atom. The third-order valence-corrected chi connectivity index (χ3v) is 4.74. The first kappa shape index (κ1) is 19.6. The Balaban J connectivity index is 1.38. The summed E-state index contributed by atoms with van der Waals surface area (Å²) < 4.78 is 18.7. The van der Waals surface area contributed by atoms with Crippen molar-refractivity contribution in [1.29, 1.82) is 0 Å². The van der Waals surface area contributed by atoms with Crippen molar-refractivity contribution in [3.8, 4) is 17.6 Å². The van der Waals surface area contributed by atoms with E-state index in [-0.39, 0.29) is 5.82 Å². The lowest BCUT2D eigenvalue weighted by atomic mass is 10.1. The van der Waals surface area contributed by atoms with E-state index in [0.717, 1.165) is 40.6 Å². The average molecular weight is 396 g/mol. The molecule has 0 amide bonds. The van der Waals surface area contributed by atoms with Gasteiger partial charge in [-0.25, -0.2) is 14.4 Å². The van der Waals surface area contributed by atoms with Crippen LogP contribution in [-0.4, -0.2) is 16.6 Å². The van der Waals surface area contributed by atoms with Crippen molar-refractivity contribution < 1.29 is 9.13 Å². The molecule has 1 heterocycles. The van der Waals surface area contributed by atoms with Crippen LogP contribution in [0.4, 0.5) is 4.39 Å². The summed E-state index contributed by atoms with van der Waals surface area (Å²) >= 11 is 0. The number of aromatic nitrogens is 2. The fourth-order valence-corrected chi connectivity index (χ4v) is 3.16. The van der Waals surface area contributed by atoms with E-state index in [0.29, 0.717) is 12.4 Å². The molecule has 0 aliphatic carbocycles. The lowest BCUT2D eigenvalue weighted by molar-refractivity contribution is 0.337. The molecule has 0 saturated carbocycles. The fraction of sp³-hybridized carbons (Fsp3) is 0.154. The first-order chi connectivity index (χ1) is 14.7. The van der Waals surface area contributed by atoms with E-state index in [4.69, 9.17) is 4.74 Å². The number of halogens is 1. The molecule has 30 heavy (non-hydrogen) atoms. The van der Waals surface area contributed by atoms with E-state index in [9.17, 15) is 4.39 Å². The standard InChI is InChI=1S/C26H21FN2O/c1-2-30-25-17-28-26(29-18-25)14-10-20-5-3-19(4-6-20)7-8-21-9-11-23-16-24(27)13-12-22(23)15-21/h3-6,9,11-13,15-18H,2,10,14H2,1H3. The van der Waals surface area contributed by atoms with Gasteiger partial charge in [-0.2, -0.15) is 0 Å². The van der Waals surface area contributed by atoms with Gasteiger partial charge in [-0.1, -0.05) is 36.1 Å². The maximum absolute atomic E-state index is 13.3. The van der Waals surface area contributed by atoms with E-state index in [2.05, 4.69) is 33.9 Å². The molecule has 0 aliphatic rings. The average Bonchev–Trinajstić information content (AvgIpc) is 2.78. The van der Waals surface area contributed by atoms with Crippen LogP contribution in [0.1, 0.15) is 29.4 Å². The molecule has 0 spiro atoms. The Morgan fingerprint density at radius 3 is 2.23 bits per heavy atom. The van der Waals surface area contributed by atoms with Crippen molar-refractivity contribution in [2.45, 2.75) is 19.8 Å². The van der Waals surface area contributed by atoms with Gasteiger partial charge in [-0.05, 0) is 66.1 Å². The van der Waals surface area contributed by atoms with Crippen LogP contribution in [0.3, 0.4) is 0 Å². The zero-order valence-electron chi connectivity index (χ0n) is 16.7. The van der Waals surface area contributed by atoms with E-state index in [1.165, 1.54) is 17.7 Å². The predicted octanol–water partition coefficient (Wildman–Crippen LogP) is 5.35. The number of hydrogen-bond donors (Lipinski definition) is 0. The molecule has 148 valence electrons. The van der Waals surface area contributed by atoms with Gasteiger partial charge in [0.2, 0.25) is 0 Å². The van der Waals surface area contributed by atoms with Gasteiger partial charge in [-0.15, -0.1) is 0 Å². The van der Waals surface area contributed by atoms with Crippen LogP contribution in [0.5, 0.6) is 5.75 Å². The van der Waals surface area contributed by atoms with Gasteiger partial charge in [-0.3, -0.25) is 0 Å². The van der Waals surface area contributed by atoms with Crippen molar-refractivity contribution in [2.24, 2.45) is 0 Å². The van der Waals surface area contributed by atoms with Crippen molar-refractivity contribution in [1.82, 2.24) is 9.97 Å². The molecule has 0 atom stereocenters. The fourth-order valence-electron chi connectivity index (χ4n) is 3.16. The lowest BCUT2D eigenvalue weighted by Crippen LogP contribution is -1.99. The highest BCUT2D eigenvalue weighted by atomic mass is 19.1. The zero-order chi connectivity index (χ0) is 20.8. The summed E-state index contributed by atoms with van der Waals surface area (Å²) in [6.45, 7) is 2.55. The van der Waals surface area contributed by atoms with Gasteiger partial charge in [0, 0.05) is 17.5 Å². The van der Waals surface area contributed by atoms with Gasteiger partial charge in [0.15, 0.2) is 5.75 Å². The van der Waals surface area contributed by atoms with Crippen LogP contribution in [0.2, 0.25) is 0 Å². The van der Waals surface area contributed by atoms with Crippen molar-refractivity contribution in [3.63, 3.8) is 0 Å². The normalized spacial score (nSPS) is 10.5. The van der Waals surface area contributed by atoms with Crippen molar-refractivity contribution in [2.75, 3.05) is 6.61 Å². The molecule has 0 fully saturated rings. The first-order valence-electron chi connectivity index (χ1n) is 9.93. The summed E-state index contributed by atoms with van der Waals surface area (Å²) in [5.41, 5.74) is 3.08. The van der Waals surface area contributed by atoms with Gasteiger partial charge < -0.3 is 4.74 Å². The number of ether oxygens (including phenoxy) is 1. The molecule has 3 nitrogen and oxygen atoms in total. The van der Waals surface area contributed by atoms with Crippen LogP contribution in [0.25, 0.3) is 10.8 Å². The molecular formula is C26H21FN2O. The van der Waals surface area contributed by atoms with E-state index in [1.807, 2.05) is 37.3 Å². The second kappa shape index (κ2) is 9.19. The number of aryl methyl sites for hydroxylation is 2. The molecule has 0 unspecified atom stereocenters. The highest BCUT2D eigenvalue weighted by molar-refractivity contribution is 5.83. The largest absolute Gasteiger partial charge is 0.491 e. The topological polar surface area (TPSA) is 35.0 Å². The van der Waals surface area contributed by atoms with Gasteiger partial charge in [0.1, 0.15) is 11.6 Å². The molecule has 4 rings (SSSR count). The van der Waals surface area contributed by atoms with Gasteiger partial charge in [0.25, 0.3) is 0 Å². The van der Waals surface area contributed by atoms with Crippen LogP contribution in [-0.2, 0) is 12.8 Å². The molecule has 0 bridgehead atoms. The first-order valence-corrected chi connectivity index (χ1v) is 9.93. The molecule has 0 radical (unpaired) electrons. The van der Waals surface area contributed by atoms with Crippen LogP contribution < -0.4 is 4.74 Å². The van der Waals surface area contributed by atoms with Crippen LogP contribution in [0, 0.1) is 17.7 Å². The molecule has 0 saturated heterocycles. The summed E-state index contributed by atoms with van der Waals surface area (Å²) in [6, 6.07) is 18.8. The number of hydrogen-bond acceptors (Lipinski definition) is 3. The molecular weight excluding hydrogens is 375 g/mol. The Kier molecular flexibility index (Phi) is 6.01. The molecule has 1 aromatic heterocycles. The maximum Gasteiger partial charge on any atom is 0.155 e. The minimum absolute atomic E-state index is 0.226. The SMILES string of the molecule is CCOc1cnc(CCc2ccc(C#Cc3ccc4cc(F)ccc4c3)cc2)nc1. The molecule has 3 aromatic carbocycles. The Morgan fingerprint density at radius 2 is 1.47 bits per heavy atom. The van der Waals surface area contributed by atoms with Gasteiger partial charge in [0.05, 0.1) is 19.0 Å². The predicted molar refractivity (Wildman–Crippen MR) is 117 cm³/mol. The van der Waals surface area contributed by atoms with E-state index in [1.54, 1.807) is 18.5 Å². The van der Waals surface area contributed by atoms with E-state index >= 15 is 0 Å². The smallest absolute Gasteiger partial charge is 0.155 e. The molecule has 0 N–H and O–H groups in total. The summed E-state index contributed by atoms with van der Waals surface area (Å²) in [5.74, 6) is 7.65. The summed E-state index contributed by atoms with van der Waals surface area (Å²) in [6.07, 6.45) is 5.07. The second-order valence-electron chi connectivity index (χ2n) is 6.92. The quantitative estimate of drug-likeness (QED) is 0.427. The zero-order valence-corrected chi connectivity index (χ0v) is 16.7. The Hall–Kier alpha value is -3.71. The third-order valence-electron chi connectivity index (χ3n) is 4.74. The second-order valence-corrected chi connectivity index (χ2v) is 6.92.